The van der Waals surface area contributed by atoms with Gasteiger partial charge < -0.3 is 10.2 Å². The van der Waals surface area contributed by atoms with Gasteiger partial charge in [0.2, 0.25) is 5.91 Å². The maximum absolute atomic E-state index is 11.6. The number of carbonyl (C=O) groups excluding carboxylic acids is 2. The standard InChI is InChI=1S/C14H21N5O2S/c1-10-9-22-14(16-10)18-5-3-17(8-11(18)2)4-6-19-12(20)7-15-13(19)21/h9,11H,3-8H2,1-2H3,(H,15,21). The summed E-state index contributed by atoms with van der Waals surface area (Å²) >= 11 is 1.69. The fraction of sp³-hybridized carbons (Fsp3) is 0.643. The van der Waals surface area contributed by atoms with Crippen LogP contribution in [0, 0.1) is 6.92 Å². The molecule has 2 fully saturated rings. The second kappa shape index (κ2) is 6.21. The van der Waals surface area contributed by atoms with Gasteiger partial charge in [-0.25, -0.2) is 9.78 Å². The minimum absolute atomic E-state index is 0.130. The number of nitrogens with zero attached hydrogens (tertiary/aromatic N) is 4. The number of amides is 3. The second-order valence-electron chi connectivity index (χ2n) is 5.82. The zero-order valence-electron chi connectivity index (χ0n) is 12.9. The van der Waals surface area contributed by atoms with Gasteiger partial charge in [-0.15, -0.1) is 11.3 Å². The van der Waals surface area contributed by atoms with E-state index in [1.54, 1.807) is 11.3 Å². The van der Waals surface area contributed by atoms with Crippen molar-refractivity contribution in [3.8, 4) is 0 Å². The van der Waals surface area contributed by atoms with Crippen molar-refractivity contribution < 1.29 is 9.59 Å². The molecule has 2 aliphatic heterocycles. The summed E-state index contributed by atoms with van der Waals surface area (Å²) in [7, 11) is 0. The monoisotopic (exact) mass is 323 g/mol. The summed E-state index contributed by atoms with van der Waals surface area (Å²) in [4.78, 5) is 33.6. The van der Waals surface area contributed by atoms with Gasteiger partial charge in [0.1, 0.15) is 0 Å². The Morgan fingerprint density at radius 1 is 1.36 bits per heavy atom. The Morgan fingerprint density at radius 2 is 2.18 bits per heavy atom. The predicted molar refractivity (Wildman–Crippen MR) is 85.2 cm³/mol. The molecule has 0 spiro atoms. The number of imide groups is 1. The highest BCUT2D eigenvalue weighted by Gasteiger charge is 2.30. The topological polar surface area (TPSA) is 68.8 Å². The van der Waals surface area contributed by atoms with E-state index in [1.165, 1.54) is 4.90 Å². The highest BCUT2D eigenvalue weighted by Crippen LogP contribution is 2.24. The van der Waals surface area contributed by atoms with Crippen molar-refractivity contribution in [1.29, 1.82) is 0 Å². The third kappa shape index (κ3) is 3.07. The van der Waals surface area contributed by atoms with Gasteiger partial charge in [-0.3, -0.25) is 14.6 Å². The van der Waals surface area contributed by atoms with E-state index in [0.29, 0.717) is 12.6 Å². The fourth-order valence-corrected chi connectivity index (χ4v) is 3.85. The van der Waals surface area contributed by atoms with Gasteiger partial charge in [0, 0.05) is 44.1 Å². The Hall–Kier alpha value is -1.67. The molecule has 0 aliphatic carbocycles. The summed E-state index contributed by atoms with van der Waals surface area (Å²) in [6.07, 6.45) is 0. The maximum atomic E-state index is 11.6. The van der Waals surface area contributed by atoms with E-state index in [4.69, 9.17) is 0 Å². The van der Waals surface area contributed by atoms with Crippen LogP contribution >= 0.6 is 11.3 Å². The normalized spacial score (nSPS) is 23.3. The number of urea groups is 1. The molecule has 1 aromatic heterocycles. The van der Waals surface area contributed by atoms with Crippen LogP contribution in [0.15, 0.2) is 5.38 Å². The number of anilines is 1. The lowest BCUT2D eigenvalue weighted by Gasteiger charge is -2.40. The quantitative estimate of drug-likeness (QED) is 0.818. The smallest absolute Gasteiger partial charge is 0.324 e. The number of hydrogen-bond donors (Lipinski definition) is 1. The highest BCUT2D eigenvalue weighted by molar-refractivity contribution is 7.13. The number of thiazole rings is 1. The Labute approximate surface area is 133 Å². The molecular formula is C14H21N5O2S. The first-order valence-corrected chi connectivity index (χ1v) is 8.42. The van der Waals surface area contributed by atoms with Gasteiger partial charge in [-0.05, 0) is 13.8 Å². The van der Waals surface area contributed by atoms with Crippen LogP contribution in [-0.4, -0.2) is 72.0 Å². The molecule has 1 unspecified atom stereocenters. The van der Waals surface area contributed by atoms with E-state index in [-0.39, 0.29) is 18.5 Å². The first-order chi connectivity index (χ1) is 10.5. The first kappa shape index (κ1) is 15.2. The van der Waals surface area contributed by atoms with Gasteiger partial charge in [-0.2, -0.15) is 0 Å². The molecule has 0 bridgehead atoms. The van der Waals surface area contributed by atoms with Gasteiger partial charge in [0.25, 0.3) is 0 Å². The van der Waals surface area contributed by atoms with Crippen LogP contribution in [0.5, 0.6) is 0 Å². The van der Waals surface area contributed by atoms with E-state index < -0.39 is 0 Å². The molecule has 1 N–H and O–H groups in total. The average molecular weight is 323 g/mol. The third-order valence-corrected chi connectivity index (χ3v) is 5.14. The van der Waals surface area contributed by atoms with Crippen molar-refractivity contribution in [2.75, 3.05) is 44.2 Å². The first-order valence-electron chi connectivity index (χ1n) is 7.54. The highest BCUT2D eigenvalue weighted by atomic mass is 32.1. The lowest BCUT2D eigenvalue weighted by molar-refractivity contribution is -0.125. The molecule has 22 heavy (non-hydrogen) atoms. The molecule has 8 heteroatoms. The molecule has 3 amide bonds. The van der Waals surface area contributed by atoms with Crippen molar-refractivity contribution in [2.45, 2.75) is 19.9 Å². The molecule has 2 saturated heterocycles. The summed E-state index contributed by atoms with van der Waals surface area (Å²) in [5.74, 6) is -0.130. The number of aromatic nitrogens is 1. The van der Waals surface area contributed by atoms with Gasteiger partial charge in [0.15, 0.2) is 5.13 Å². The number of hydrogen-bond acceptors (Lipinski definition) is 6. The van der Waals surface area contributed by atoms with Crippen LogP contribution in [0.1, 0.15) is 12.6 Å². The largest absolute Gasteiger partial charge is 0.343 e. The SMILES string of the molecule is Cc1csc(N2CCN(CCN3C(=O)CNC3=O)CC2C)n1. The van der Waals surface area contributed by atoms with E-state index >= 15 is 0 Å². The molecule has 7 nitrogen and oxygen atoms in total. The van der Waals surface area contributed by atoms with Crippen LogP contribution in [0.25, 0.3) is 0 Å². The lowest BCUT2D eigenvalue weighted by atomic mass is 10.2. The molecule has 3 heterocycles. The molecule has 120 valence electrons. The zero-order chi connectivity index (χ0) is 15.7. The number of nitrogens with one attached hydrogen (secondary N) is 1. The summed E-state index contributed by atoms with van der Waals surface area (Å²) in [5.41, 5.74) is 1.06. The molecule has 0 radical (unpaired) electrons. The molecular weight excluding hydrogens is 302 g/mol. The second-order valence-corrected chi connectivity index (χ2v) is 6.66. The van der Waals surface area contributed by atoms with E-state index in [0.717, 1.165) is 37.0 Å². The van der Waals surface area contributed by atoms with Crippen molar-refractivity contribution in [1.82, 2.24) is 20.1 Å². The molecule has 0 saturated carbocycles. The number of piperazine rings is 1. The zero-order valence-corrected chi connectivity index (χ0v) is 13.7. The van der Waals surface area contributed by atoms with Gasteiger partial charge >= 0.3 is 6.03 Å². The minimum Gasteiger partial charge on any atom is -0.343 e. The van der Waals surface area contributed by atoms with Crippen molar-refractivity contribution in [3.05, 3.63) is 11.1 Å². The molecule has 1 aromatic rings. The Kier molecular flexibility index (Phi) is 4.30. The number of carbonyl (C=O) groups is 2. The number of aryl methyl sites for hydroxylation is 1. The van der Waals surface area contributed by atoms with Crippen LogP contribution in [0.3, 0.4) is 0 Å². The Bertz CT molecular complexity index is 559. The molecule has 1 atom stereocenters. The predicted octanol–water partition coefficient (Wildman–Crippen LogP) is 0.514. The summed E-state index contributed by atoms with van der Waals surface area (Å²) in [6, 6.07) is 0.109. The Balaban J connectivity index is 1.52. The van der Waals surface area contributed by atoms with Crippen molar-refractivity contribution >= 4 is 28.4 Å². The van der Waals surface area contributed by atoms with Crippen molar-refractivity contribution in [2.24, 2.45) is 0 Å². The fourth-order valence-electron chi connectivity index (χ4n) is 2.92. The average Bonchev–Trinajstić information content (AvgIpc) is 3.04. The summed E-state index contributed by atoms with van der Waals surface area (Å²) in [5, 5.41) is 5.71. The Morgan fingerprint density at radius 3 is 2.77 bits per heavy atom. The van der Waals surface area contributed by atoms with Gasteiger partial charge in [-0.1, -0.05) is 0 Å². The van der Waals surface area contributed by atoms with E-state index in [2.05, 4.69) is 32.4 Å². The van der Waals surface area contributed by atoms with Crippen LogP contribution in [0.4, 0.5) is 9.93 Å². The maximum Gasteiger partial charge on any atom is 0.324 e. The molecule has 2 aliphatic rings. The lowest BCUT2D eigenvalue weighted by Crippen LogP contribution is -2.53. The molecule has 3 rings (SSSR count). The number of rotatable bonds is 4. The summed E-state index contributed by atoms with van der Waals surface area (Å²) in [6.45, 7) is 8.30. The van der Waals surface area contributed by atoms with E-state index in [1.807, 2.05) is 6.92 Å². The molecule has 0 aromatic carbocycles. The summed E-state index contributed by atoms with van der Waals surface area (Å²) < 4.78 is 0. The minimum atomic E-state index is -0.269. The third-order valence-electron chi connectivity index (χ3n) is 4.14. The van der Waals surface area contributed by atoms with E-state index in [9.17, 15) is 9.59 Å². The van der Waals surface area contributed by atoms with Crippen LogP contribution < -0.4 is 10.2 Å². The van der Waals surface area contributed by atoms with Gasteiger partial charge in [0.05, 0.1) is 12.2 Å². The van der Waals surface area contributed by atoms with Crippen LogP contribution in [-0.2, 0) is 4.79 Å². The van der Waals surface area contributed by atoms with Crippen molar-refractivity contribution in [3.63, 3.8) is 0 Å². The van der Waals surface area contributed by atoms with Crippen LogP contribution in [0.2, 0.25) is 0 Å².